The summed E-state index contributed by atoms with van der Waals surface area (Å²) in [5.74, 6) is 0.248. The topological polar surface area (TPSA) is 48.8 Å². The lowest BCUT2D eigenvalue weighted by atomic mass is 10.1. The largest absolute Gasteiger partial charge is 0.349 e. The summed E-state index contributed by atoms with van der Waals surface area (Å²) >= 11 is 1.47. The lowest BCUT2D eigenvalue weighted by molar-refractivity contribution is -0.134. The molecule has 1 saturated heterocycles. The predicted molar refractivity (Wildman–Crippen MR) is 101 cm³/mol. The van der Waals surface area contributed by atoms with E-state index in [2.05, 4.69) is 34.7 Å². The molecular formula is C19H24N4O2S. The number of aromatic nitrogens is 1. The van der Waals surface area contributed by atoms with Gasteiger partial charge in [-0.2, -0.15) is 0 Å². The summed E-state index contributed by atoms with van der Waals surface area (Å²) in [4.78, 5) is 31.9. The molecule has 2 aromatic rings. The zero-order valence-corrected chi connectivity index (χ0v) is 15.8. The van der Waals surface area contributed by atoms with E-state index in [1.807, 2.05) is 27.3 Å². The molecule has 0 unspecified atom stereocenters. The van der Waals surface area contributed by atoms with Crippen molar-refractivity contribution in [2.45, 2.75) is 19.5 Å². The average Bonchev–Trinajstić information content (AvgIpc) is 3.35. The normalized spacial score (nSPS) is 20.9. The fourth-order valence-electron chi connectivity index (χ4n) is 3.83. The molecule has 138 valence electrons. The minimum absolute atomic E-state index is 0.0810. The van der Waals surface area contributed by atoms with Crippen molar-refractivity contribution in [2.24, 2.45) is 0 Å². The number of amides is 2. The molecule has 1 fully saturated rings. The predicted octanol–water partition coefficient (Wildman–Crippen LogP) is 1.91. The molecule has 2 aliphatic rings. The molecule has 7 heteroatoms. The first-order valence-corrected chi connectivity index (χ1v) is 10.0. The number of thiophene rings is 1. The molecule has 1 atom stereocenters. The maximum Gasteiger partial charge on any atom is 0.264 e. The Hall–Kier alpha value is -2.12. The number of rotatable bonds is 3. The Balaban J connectivity index is 1.31. The van der Waals surface area contributed by atoms with Gasteiger partial charge in [0.2, 0.25) is 5.91 Å². The summed E-state index contributed by atoms with van der Waals surface area (Å²) < 4.78 is 2.26. The third kappa shape index (κ3) is 3.29. The number of carbonyl (C=O) groups is 2. The molecule has 0 aromatic carbocycles. The molecule has 0 radical (unpaired) electrons. The van der Waals surface area contributed by atoms with E-state index in [1.54, 1.807) is 0 Å². The molecule has 0 spiro atoms. The van der Waals surface area contributed by atoms with Gasteiger partial charge in [0.25, 0.3) is 5.91 Å². The van der Waals surface area contributed by atoms with Crippen LogP contribution in [0.1, 0.15) is 28.3 Å². The Kier molecular flexibility index (Phi) is 4.82. The van der Waals surface area contributed by atoms with Crippen molar-refractivity contribution in [1.29, 1.82) is 0 Å². The number of nitrogens with zero attached hydrogens (tertiary/aromatic N) is 4. The standard InChI is InChI=1S/C19H24N4O2S/c1-15-16-4-2-6-20(16)7-12-23(15)14-18(24)21-8-10-22(11-9-21)19(25)17-5-3-13-26-17/h2-6,13,15H,7-12,14H2,1H3/t15-/m1/s1. The smallest absolute Gasteiger partial charge is 0.264 e. The highest BCUT2D eigenvalue weighted by Crippen LogP contribution is 2.25. The van der Waals surface area contributed by atoms with Gasteiger partial charge < -0.3 is 14.4 Å². The summed E-state index contributed by atoms with van der Waals surface area (Å²) in [5, 5.41) is 1.92. The molecule has 2 aliphatic heterocycles. The van der Waals surface area contributed by atoms with Crippen molar-refractivity contribution in [3.8, 4) is 0 Å². The summed E-state index contributed by atoms with van der Waals surface area (Å²) in [6, 6.07) is 8.22. The third-order valence-electron chi connectivity index (χ3n) is 5.46. The van der Waals surface area contributed by atoms with Gasteiger partial charge in [-0.15, -0.1) is 11.3 Å². The van der Waals surface area contributed by atoms with Gasteiger partial charge >= 0.3 is 0 Å². The van der Waals surface area contributed by atoms with Gasteiger partial charge in [0, 0.05) is 57.2 Å². The maximum atomic E-state index is 12.7. The second-order valence-electron chi connectivity index (χ2n) is 6.92. The Morgan fingerprint density at radius 3 is 2.54 bits per heavy atom. The molecule has 0 saturated carbocycles. The SMILES string of the molecule is C[C@@H]1c2cccn2CCN1CC(=O)N1CCN(C(=O)c2cccs2)CC1. The highest BCUT2D eigenvalue weighted by Gasteiger charge is 2.29. The van der Waals surface area contributed by atoms with Gasteiger partial charge in [0.1, 0.15) is 0 Å². The molecule has 0 aliphatic carbocycles. The van der Waals surface area contributed by atoms with Crippen LogP contribution >= 0.6 is 11.3 Å². The van der Waals surface area contributed by atoms with E-state index in [0.717, 1.165) is 18.0 Å². The van der Waals surface area contributed by atoms with E-state index >= 15 is 0 Å². The van der Waals surface area contributed by atoms with E-state index < -0.39 is 0 Å². The van der Waals surface area contributed by atoms with Crippen molar-refractivity contribution in [3.05, 3.63) is 46.4 Å². The first-order chi connectivity index (χ1) is 12.6. The van der Waals surface area contributed by atoms with E-state index in [4.69, 9.17) is 0 Å². The molecule has 4 heterocycles. The minimum atomic E-state index is 0.0810. The van der Waals surface area contributed by atoms with Crippen LogP contribution in [0, 0.1) is 0 Å². The first-order valence-electron chi connectivity index (χ1n) is 9.13. The molecule has 6 nitrogen and oxygen atoms in total. The molecule has 0 bridgehead atoms. The molecular weight excluding hydrogens is 348 g/mol. The third-order valence-corrected chi connectivity index (χ3v) is 6.32. The fraction of sp³-hybridized carbons (Fsp3) is 0.474. The van der Waals surface area contributed by atoms with Crippen molar-refractivity contribution < 1.29 is 9.59 Å². The van der Waals surface area contributed by atoms with Crippen LogP contribution in [0.2, 0.25) is 0 Å². The number of piperazine rings is 1. The van der Waals surface area contributed by atoms with Gasteiger partial charge in [0.15, 0.2) is 0 Å². The number of hydrogen-bond acceptors (Lipinski definition) is 4. The maximum absolute atomic E-state index is 12.7. The van der Waals surface area contributed by atoms with Gasteiger partial charge in [-0.25, -0.2) is 0 Å². The second-order valence-corrected chi connectivity index (χ2v) is 7.87. The second kappa shape index (κ2) is 7.25. The lowest BCUT2D eigenvalue weighted by Gasteiger charge is -2.38. The number of carbonyl (C=O) groups excluding carboxylic acids is 2. The Morgan fingerprint density at radius 1 is 1.04 bits per heavy atom. The summed E-state index contributed by atoms with van der Waals surface area (Å²) in [6.45, 7) is 6.90. The average molecular weight is 372 g/mol. The summed E-state index contributed by atoms with van der Waals surface area (Å²) in [5.41, 5.74) is 1.27. The van der Waals surface area contributed by atoms with Gasteiger partial charge in [-0.3, -0.25) is 14.5 Å². The van der Waals surface area contributed by atoms with Crippen LogP contribution in [0.25, 0.3) is 0 Å². The zero-order valence-electron chi connectivity index (χ0n) is 15.0. The minimum Gasteiger partial charge on any atom is -0.349 e. The Morgan fingerprint density at radius 2 is 1.81 bits per heavy atom. The summed E-state index contributed by atoms with van der Waals surface area (Å²) in [6.07, 6.45) is 2.11. The molecule has 2 amide bonds. The van der Waals surface area contributed by atoms with Gasteiger partial charge in [-0.1, -0.05) is 6.07 Å². The number of fused-ring (bicyclic) bond motifs is 1. The van der Waals surface area contributed by atoms with Crippen LogP contribution in [0.15, 0.2) is 35.8 Å². The monoisotopic (exact) mass is 372 g/mol. The molecule has 0 N–H and O–H groups in total. The van der Waals surface area contributed by atoms with Crippen LogP contribution in [0.5, 0.6) is 0 Å². The van der Waals surface area contributed by atoms with Gasteiger partial charge in [0.05, 0.1) is 11.4 Å². The van der Waals surface area contributed by atoms with Crippen LogP contribution in [0.4, 0.5) is 0 Å². The van der Waals surface area contributed by atoms with Crippen molar-refractivity contribution in [2.75, 3.05) is 39.3 Å². The number of hydrogen-bond donors (Lipinski definition) is 0. The van der Waals surface area contributed by atoms with Gasteiger partial charge in [-0.05, 0) is 30.5 Å². The fourth-order valence-corrected chi connectivity index (χ4v) is 4.52. The van der Waals surface area contributed by atoms with E-state index in [9.17, 15) is 9.59 Å². The Labute approximate surface area is 157 Å². The van der Waals surface area contributed by atoms with Crippen molar-refractivity contribution in [3.63, 3.8) is 0 Å². The highest BCUT2D eigenvalue weighted by molar-refractivity contribution is 7.12. The molecule has 4 rings (SSSR count). The van der Waals surface area contributed by atoms with Crippen LogP contribution in [-0.2, 0) is 11.3 Å². The quantitative estimate of drug-likeness (QED) is 0.827. The first kappa shape index (κ1) is 17.3. The Bertz CT molecular complexity index is 777. The van der Waals surface area contributed by atoms with E-state index in [-0.39, 0.29) is 17.9 Å². The van der Waals surface area contributed by atoms with Crippen LogP contribution < -0.4 is 0 Å². The van der Waals surface area contributed by atoms with E-state index in [1.165, 1.54) is 17.0 Å². The highest BCUT2D eigenvalue weighted by atomic mass is 32.1. The van der Waals surface area contributed by atoms with Crippen LogP contribution in [0.3, 0.4) is 0 Å². The lowest BCUT2D eigenvalue weighted by Crippen LogP contribution is -2.53. The van der Waals surface area contributed by atoms with Crippen molar-refractivity contribution in [1.82, 2.24) is 19.3 Å². The molecule has 26 heavy (non-hydrogen) atoms. The van der Waals surface area contributed by atoms with Crippen molar-refractivity contribution >= 4 is 23.2 Å². The molecule has 2 aromatic heterocycles. The zero-order chi connectivity index (χ0) is 18.1. The van der Waals surface area contributed by atoms with Crippen LogP contribution in [-0.4, -0.2) is 70.3 Å². The van der Waals surface area contributed by atoms with E-state index in [0.29, 0.717) is 32.7 Å². The summed E-state index contributed by atoms with van der Waals surface area (Å²) in [7, 11) is 0.